The molecule has 1 saturated heterocycles. The maximum Gasteiger partial charge on any atom is 0.262 e. The van der Waals surface area contributed by atoms with E-state index in [1.807, 2.05) is 6.07 Å². The van der Waals surface area contributed by atoms with Crippen molar-refractivity contribution in [2.75, 3.05) is 0 Å². The fourth-order valence-electron chi connectivity index (χ4n) is 4.22. The van der Waals surface area contributed by atoms with E-state index in [4.69, 9.17) is 5.73 Å². The first kappa shape index (κ1) is 17.8. The van der Waals surface area contributed by atoms with Crippen LogP contribution in [0.15, 0.2) is 18.2 Å². The number of carbonyl (C=O) groups excluding carboxylic acids is 4. The number of piperidine rings is 1. The summed E-state index contributed by atoms with van der Waals surface area (Å²) in [7, 11) is 0. The van der Waals surface area contributed by atoms with E-state index >= 15 is 0 Å². The lowest BCUT2D eigenvalue weighted by molar-refractivity contribution is -0.136. The minimum absolute atomic E-state index is 0.0964. The zero-order chi connectivity index (χ0) is 19.1. The third kappa shape index (κ3) is 3.04. The van der Waals surface area contributed by atoms with E-state index in [-0.39, 0.29) is 30.8 Å². The van der Waals surface area contributed by atoms with Gasteiger partial charge in [-0.05, 0) is 30.9 Å². The number of hydrogen-bond donors (Lipinski definition) is 3. The minimum Gasteiger partial charge on any atom is -0.326 e. The van der Waals surface area contributed by atoms with E-state index < -0.39 is 23.8 Å². The SMILES string of the molecule is N[C@H]1CCC[C@@H]1NCc1cccc2c1C(=O)N(C1CCC(=O)NC1=O)C2=O. The van der Waals surface area contributed by atoms with Gasteiger partial charge in [-0.1, -0.05) is 18.6 Å². The molecule has 2 heterocycles. The average Bonchev–Trinajstić information content (AvgIpc) is 3.16. The number of imide groups is 2. The van der Waals surface area contributed by atoms with Crippen LogP contribution in [0.4, 0.5) is 0 Å². The van der Waals surface area contributed by atoms with Gasteiger partial charge in [0.1, 0.15) is 6.04 Å². The van der Waals surface area contributed by atoms with Crippen LogP contribution in [0, 0.1) is 0 Å². The van der Waals surface area contributed by atoms with Crippen molar-refractivity contribution in [3.8, 4) is 0 Å². The monoisotopic (exact) mass is 370 g/mol. The number of fused-ring (bicyclic) bond motifs is 1. The minimum atomic E-state index is -0.945. The first-order valence-corrected chi connectivity index (χ1v) is 9.30. The van der Waals surface area contributed by atoms with Crippen molar-refractivity contribution >= 4 is 23.6 Å². The summed E-state index contributed by atoms with van der Waals surface area (Å²) in [6.07, 6.45) is 3.31. The lowest BCUT2D eigenvalue weighted by Crippen LogP contribution is -2.54. The van der Waals surface area contributed by atoms with Gasteiger partial charge in [-0.25, -0.2) is 0 Å². The molecule has 1 aliphatic carbocycles. The van der Waals surface area contributed by atoms with Crippen molar-refractivity contribution in [2.24, 2.45) is 5.73 Å². The molecule has 3 aliphatic rings. The molecule has 0 spiro atoms. The largest absolute Gasteiger partial charge is 0.326 e. The van der Waals surface area contributed by atoms with Crippen molar-refractivity contribution in [3.63, 3.8) is 0 Å². The number of nitrogens with zero attached hydrogens (tertiary/aromatic N) is 1. The quantitative estimate of drug-likeness (QED) is 0.644. The van der Waals surface area contributed by atoms with Gasteiger partial charge in [-0.2, -0.15) is 0 Å². The van der Waals surface area contributed by atoms with Gasteiger partial charge in [0, 0.05) is 25.0 Å². The topological polar surface area (TPSA) is 122 Å². The summed E-state index contributed by atoms with van der Waals surface area (Å²) in [5.41, 5.74) is 7.45. The van der Waals surface area contributed by atoms with Crippen LogP contribution >= 0.6 is 0 Å². The predicted molar refractivity (Wildman–Crippen MR) is 95.6 cm³/mol. The highest BCUT2D eigenvalue weighted by molar-refractivity contribution is 6.24. The van der Waals surface area contributed by atoms with E-state index in [0.29, 0.717) is 17.7 Å². The van der Waals surface area contributed by atoms with Crippen molar-refractivity contribution in [3.05, 3.63) is 34.9 Å². The molecule has 4 N–H and O–H groups in total. The van der Waals surface area contributed by atoms with Crippen LogP contribution in [-0.2, 0) is 16.1 Å². The van der Waals surface area contributed by atoms with Crippen LogP contribution < -0.4 is 16.4 Å². The number of hydrogen-bond acceptors (Lipinski definition) is 6. The van der Waals surface area contributed by atoms with E-state index in [0.717, 1.165) is 29.7 Å². The Labute approximate surface area is 156 Å². The number of nitrogens with two attached hydrogens (primary N) is 1. The van der Waals surface area contributed by atoms with Crippen molar-refractivity contribution in [2.45, 2.75) is 56.8 Å². The molecule has 8 nitrogen and oxygen atoms in total. The molecule has 0 aromatic heterocycles. The molecule has 8 heteroatoms. The van der Waals surface area contributed by atoms with Crippen LogP contribution in [0.2, 0.25) is 0 Å². The van der Waals surface area contributed by atoms with Crippen LogP contribution in [0.3, 0.4) is 0 Å². The maximum atomic E-state index is 13.0. The van der Waals surface area contributed by atoms with Crippen molar-refractivity contribution in [1.29, 1.82) is 0 Å². The third-order valence-corrected chi connectivity index (χ3v) is 5.68. The zero-order valence-corrected chi connectivity index (χ0v) is 14.9. The van der Waals surface area contributed by atoms with Crippen molar-refractivity contribution in [1.82, 2.24) is 15.5 Å². The Morgan fingerprint density at radius 2 is 1.93 bits per heavy atom. The summed E-state index contributed by atoms with van der Waals surface area (Å²) in [4.78, 5) is 50.3. The number of carbonyl (C=O) groups is 4. The lowest BCUT2D eigenvalue weighted by atomic mass is 10.0. The first-order chi connectivity index (χ1) is 13.0. The molecule has 1 aromatic carbocycles. The summed E-state index contributed by atoms with van der Waals surface area (Å²) < 4.78 is 0. The van der Waals surface area contributed by atoms with Gasteiger partial charge >= 0.3 is 0 Å². The van der Waals surface area contributed by atoms with Gasteiger partial charge in [0.2, 0.25) is 11.8 Å². The third-order valence-electron chi connectivity index (χ3n) is 5.68. The molecular formula is C19H22N4O4. The molecule has 1 unspecified atom stereocenters. The molecule has 0 radical (unpaired) electrons. The Kier molecular flexibility index (Phi) is 4.53. The van der Waals surface area contributed by atoms with Gasteiger partial charge in [-0.3, -0.25) is 29.4 Å². The molecule has 142 valence electrons. The molecule has 3 atom stereocenters. The van der Waals surface area contributed by atoms with Crippen LogP contribution in [0.5, 0.6) is 0 Å². The first-order valence-electron chi connectivity index (χ1n) is 9.30. The number of rotatable bonds is 4. The Hall–Kier alpha value is -2.58. The molecule has 0 bridgehead atoms. The second-order valence-electron chi connectivity index (χ2n) is 7.37. The Bertz CT molecular complexity index is 837. The Morgan fingerprint density at radius 3 is 2.63 bits per heavy atom. The molecular weight excluding hydrogens is 348 g/mol. The molecule has 1 saturated carbocycles. The van der Waals surface area contributed by atoms with E-state index in [1.165, 1.54) is 0 Å². The van der Waals surface area contributed by atoms with E-state index in [9.17, 15) is 19.2 Å². The van der Waals surface area contributed by atoms with Gasteiger partial charge in [0.05, 0.1) is 11.1 Å². The van der Waals surface area contributed by atoms with Crippen molar-refractivity contribution < 1.29 is 19.2 Å². The second-order valence-corrected chi connectivity index (χ2v) is 7.37. The summed E-state index contributed by atoms with van der Waals surface area (Å²) in [5, 5.41) is 5.60. The van der Waals surface area contributed by atoms with Crippen LogP contribution in [0.25, 0.3) is 0 Å². The lowest BCUT2D eigenvalue weighted by Gasteiger charge is -2.27. The molecule has 1 aromatic rings. The van der Waals surface area contributed by atoms with Gasteiger partial charge < -0.3 is 11.1 Å². The molecule has 2 fully saturated rings. The normalized spacial score (nSPS) is 27.9. The Balaban J connectivity index is 1.58. The molecule has 4 rings (SSSR count). The van der Waals surface area contributed by atoms with E-state index in [2.05, 4.69) is 10.6 Å². The number of amides is 4. The summed E-state index contributed by atoms with van der Waals surface area (Å²) in [5.74, 6) is -1.94. The Morgan fingerprint density at radius 1 is 1.11 bits per heavy atom. The van der Waals surface area contributed by atoms with E-state index in [1.54, 1.807) is 12.1 Å². The number of nitrogens with one attached hydrogen (secondary N) is 2. The predicted octanol–water partition coefficient (Wildman–Crippen LogP) is 0.0572. The summed E-state index contributed by atoms with van der Waals surface area (Å²) in [6, 6.07) is 4.50. The maximum absolute atomic E-state index is 13.0. The zero-order valence-electron chi connectivity index (χ0n) is 14.9. The molecule has 2 aliphatic heterocycles. The second kappa shape index (κ2) is 6.86. The highest BCUT2D eigenvalue weighted by atomic mass is 16.2. The van der Waals surface area contributed by atoms with Crippen LogP contribution in [0.1, 0.15) is 58.4 Å². The summed E-state index contributed by atoms with van der Waals surface area (Å²) >= 11 is 0. The molecule has 4 amide bonds. The van der Waals surface area contributed by atoms with Gasteiger partial charge in [0.15, 0.2) is 0 Å². The van der Waals surface area contributed by atoms with Crippen LogP contribution in [-0.4, -0.2) is 46.7 Å². The average molecular weight is 370 g/mol. The van der Waals surface area contributed by atoms with Gasteiger partial charge in [-0.15, -0.1) is 0 Å². The fraction of sp³-hybridized carbons (Fsp3) is 0.474. The standard InChI is InChI=1S/C19H22N4O4/c20-12-5-2-6-13(12)21-9-10-3-1-4-11-16(10)19(27)23(18(11)26)14-7-8-15(24)22-17(14)25/h1,3-4,12-14,21H,2,5-9,20H2,(H,22,24,25)/t12-,13-,14?/m0/s1. The van der Waals surface area contributed by atoms with Gasteiger partial charge in [0.25, 0.3) is 11.8 Å². The molecule has 27 heavy (non-hydrogen) atoms. The smallest absolute Gasteiger partial charge is 0.262 e. The fourth-order valence-corrected chi connectivity index (χ4v) is 4.22. The number of benzene rings is 1. The summed E-state index contributed by atoms with van der Waals surface area (Å²) in [6.45, 7) is 0.434. The highest BCUT2D eigenvalue weighted by Crippen LogP contribution is 2.30. The highest BCUT2D eigenvalue weighted by Gasteiger charge is 2.45.